The van der Waals surface area contributed by atoms with Crippen molar-refractivity contribution in [2.24, 2.45) is 0 Å². The number of carboxylic acids is 1. The lowest BCUT2D eigenvalue weighted by Crippen LogP contribution is -2.20. The van der Waals surface area contributed by atoms with Crippen LogP contribution >= 0.6 is 0 Å². The van der Waals surface area contributed by atoms with Gasteiger partial charge in [0.2, 0.25) is 0 Å². The first kappa shape index (κ1) is 17.2. The first-order chi connectivity index (χ1) is 11.6. The van der Waals surface area contributed by atoms with Crippen LogP contribution in [0.1, 0.15) is 10.4 Å². The number of aliphatic hydroxyl groups is 1. The number of benzene rings is 2. The Morgan fingerprint density at radius 1 is 1.04 bits per heavy atom. The molecule has 0 aromatic heterocycles. The monoisotopic (exact) mass is 327 g/mol. The van der Waals surface area contributed by atoms with E-state index in [1.807, 2.05) is 0 Å². The van der Waals surface area contributed by atoms with E-state index in [9.17, 15) is 19.8 Å². The van der Waals surface area contributed by atoms with Crippen molar-refractivity contribution in [1.29, 1.82) is 0 Å². The van der Waals surface area contributed by atoms with E-state index in [0.717, 1.165) is 0 Å². The summed E-state index contributed by atoms with van der Waals surface area (Å²) < 4.78 is 5.04. The molecule has 0 amide bonds. The molecule has 24 heavy (non-hydrogen) atoms. The SMILES string of the molecule is COc1ccc(N/C(C(=O)O)=C(/CO)C(=O)c2ccccc2)cc1. The highest BCUT2D eigenvalue weighted by molar-refractivity contribution is 6.13. The van der Waals surface area contributed by atoms with Gasteiger partial charge in [0.1, 0.15) is 11.4 Å². The lowest BCUT2D eigenvalue weighted by atomic mass is 10.0. The van der Waals surface area contributed by atoms with Crippen molar-refractivity contribution in [3.63, 3.8) is 0 Å². The zero-order valence-electron chi connectivity index (χ0n) is 13.0. The molecule has 0 spiro atoms. The largest absolute Gasteiger partial charge is 0.497 e. The molecular formula is C18H17NO5. The van der Waals surface area contributed by atoms with Gasteiger partial charge in [0.15, 0.2) is 5.78 Å². The smallest absolute Gasteiger partial charge is 0.352 e. The maximum Gasteiger partial charge on any atom is 0.352 e. The minimum absolute atomic E-state index is 0.218. The molecule has 0 saturated heterocycles. The standard InChI is InChI=1S/C18H17NO5/c1-24-14-9-7-13(8-10-14)19-16(18(22)23)15(11-20)17(21)12-5-3-2-4-6-12/h2-10,19-20H,11H2,1H3,(H,22,23)/b16-15-. The minimum Gasteiger partial charge on any atom is -0.497 e. The Balaban J connectivity index is 2.39. The molecule has 0 atom stereocenters. The summed E-state index contributed by atoms with van der Waals surface area (Å²) >= 11 is 0. The summed E-state index contributed by atoms with van der Waals surface area (Å²) in [6.45, 7) is -0.696. The van der Waals surface area contributed by atoms with Crippen molar-refractivity contribution >= 4 is 17.4 Å². The van der Waals surface area contributed by atoms with E-state index in [4.69, 9.17) is 4.74 Å². The fraction of sp³-hybridized carbons (Fsp3) is 0.111. The second-order valence-electron chi connectivity index (χ2n) is 4.87. The van der Waals surface area contributed by atoms with E-state index in [1.165, 1.54) is 7.11 Å². The number of aliphatic hydroxyl groups excluding tert-OH is 1. The molecule has 3 N–H and O–H groups in total. The molecule has 0 aliphatic carbocycles. The topological polar surface area (TPSA) is 95.9 Å². The summed E-state index contributed by atoms with van der Waals surface area (Å²) in [4.78, 5) is 24.0. The summed E-state index contributed by atoms with van der Waals surface area (Å²) in [5.41, 5.74) is 0.179. The van der Waals surface area contributed by atoms with Crippen molar-refractivity contribution < 1.29 is 24.5 Å². The van der Waals surface area contributed by atoms with Crippen molar-refractivity contribution in [2.75, 3.05) is 19.0 Å². The van der Waals surface area contributed by atoms with Gasteiger partial charge in [-0.1, -0.05) is 30.3 Å². The number of nitrogens with one attached hydrogen (secondary N) is 1. The van der Waals surface area contributed by atoms with Crippen LogP contribution in [0.4, 0.5) is 5.69 Å². The molecule has 0 fully saturated rings. The zero-order valence-corrected chi connectivity index (χ0v) is 13.0. The third-order valence-corrected chi connectivity index (χ3v) is 3.34. The average Bonchev–Trinajstić information content (AvgIpc) is 2.62. The number of carbonyl (C=O) groups excluding carboxylic acids is 1. The highest BCUT2D eigenvalue weighted by Crippen LogP contribution is 2.19. The van der Waals surface area contributed by atoms with Crippen molar-refractivity contribution in [3.05, 3.63) is 71.4 Å². The number of rotatable bonds is 7. The molecule has 0 unspecified atom stereocenters. The fourth-order valence-electron chi connectivity index (χ4n) is 2.10. The van der Waals surface area contributed by atoms with Gasteiger partial charge in [-0.2, -0.15) is 0 Å². The van der Waals surface area contributed by atoms with Crippen LogP contribution in [-0.4, -0.2) is 35.7 Å². The molecule has 0 aliphatic heterocycles. The number of carboxylic acid groups (broad SMARTS) is 1. The van der Waals surface area contributed by atoms with Crippen LogP contribution in [0.2, 0.25) is 0 Å². The van der Waals surface area contributed by atoms with Gasteiger partial charge in [0, 0.05) is 11.3 Å². The normalized spacial score (nSPS) is 11.4. The van der Waals surface area contributed by atoms with E-state index in [1.54, 1.807) is 54.6 Å². The van der Waals surface area contributed by atoms with Gasteiger partial charge in [-0.25, -0.2) is 4.79 Å². The number of anilines is 1. The maximum atomic E-state index is 12.5. The molecule has 2 aromatic rings. The molecular weight excluding hydrogens is 310 g/mol. The van der Waals surface area contributed by atoms with Gasteiger partial charge < -0.3 is 20.3 Å². The third kappa shape index (κ3) is 3.99. The van der Waals surface area contributed by atoms with Crippen LogP contribution in [0.15, 0.2) is 65.9 Å². The lowest BCUT2D eigenvalue weighted by molar-refractivity contribution is -0.132. The first-order valence-electron chi connectivity index (χ1n) is 7.15. The van der Waals surface area contributed by atoms with Gasteiger partial charge in [0.05, 0.1) is 19.3 Å². The Hall–Kier alpha value is -3.12. The van der Waals surface area contributed by atoms with Crippen molar-refractivity contribution in [2.45, 2.75) is 0 Å². The molecule has 2 aromatic carbocycles. The number of methoxy groups -OCH3 is 1. The second kappa shape index (κ2) is 7.94. The highest BCUT2D eigenvalue weighted by atomic mass is 16.5. The zero-order chi connectivity index (χ0) is 17.5. The van der Waals surface area contributed by atoms with Crippen LogP contribution in [0.5, 0.6) is 5.75 Å². The minimum atomic E-state index is -1.33. The number of hydrogen-bond acceptors (Lipinski definition) is 5. The van der Waals surface area contributed by atoms with Gasteiger partial charge in [-0.15, -0.1) is 0 Å². The summed E-state index contributed by atoms with van der Waals surface area (Å²) in [5, 5.41) is 21.6. The third-order valence-electron chi connectivity index (χ3n) is 3.34. The van der Waals surface area contributed by atoms with E-state index in [2.05, 4.69) is 5.32 Å². The average molecular weight is 327 g/mol. The Kier molecular flexibility index (Phi) is 5.70. The van der Waals surface area contributed by atoms with Gasteiger partial charge in [-0.3, -0.25) is 4.79 Å². The Labute approximate surface area is 139 Å². The molecule has 0 aliphatic rings. The van der Waals surface area contributed by atoms with Gasteiger partial charge in [0.25, 0.3) is 0 Å². The van der Waals surface area contributed by atoms with Crippen molar-refractivity contribution in [3.8, 4) is 5.75 Å². The summed E-state index contributed by atoms with van der Waals surface area (Å²) in [6.07, 6.45) is 0. The van der Waals surface area contributed by atoms with Gasteiger partial charge >= 0.3 is 5.97 Å². The first-order valence-corrected chi connectivity index (χ1v) is 7.15. The molecule has 0 heterocycles. The maximum absolute atomic E-state index is 12.5. The van der Waals surface area contributed by atoms with Crippen LogP contribution in [0.3, 0.4) is 0 Å². The molecule has 0 radical (unpaired) electrons. The van der Waals surface area contributed by atoms with Crippen LogP contribution in [-0.2, 0) is 4.79 Å². The Bertz CT molecular complexity index is 751. The van der Waals surface area contributed by atoms with Crippen LogP contribution in [0, 0.1) is 0 Å². The number of ketones is 1. The van der Waals surface area contributed by atoms with Crippen LogP contribution in [0.25, 0.3) is 0 Å². The lowest BCUT2D eigenvalue weighted by Gasteiger charge is -2.12. The summed E-state index contributed by atoms with van der Waals surface area (Å²) in [5.74, 6) is -1.26. The molecule has 0 saturated carbocycles. The molecule has 0 bridgehead atoms. The van der Waals surface area contributed by atoms with E-state index >= 15 is 0 Å². The Morgan fingerprint density at radius 2 is 1.67 bits per heavy atom. The predicted octanol–water partition coefficient (Wildman–Crippen LogP) is 2.32. The molecule has 6 nitrogen and oxygen atoms in total. The highest BCUT2D eigenvalue weighted by Gasteiger charge is 2.21. The molecule has 2 rings (SSSR count). The van der Waals surface area contributed by atoms with Crippen molar-refractivity contribution in [1.82, 2.24) is 0 Å². The number of carbonyl (C=O) groups is 2. The van der Waals surface area contributed by atoms with Gasteiger partial charge in [-0.05, 0) is 24.3 Å². The number of Topliss-reactive ketones (excluding diaryl/α,β-unsaturated/α-hetero) is 1. The van der Waals surface area contributed by atoms with E-state index in [0.29, 0.717) is 17.0 Å². The predicted molar refractivity (Wildman–Crippen MR) is 89.1 cm³/mol. The Morgan fingerprint density at radius 3 is 2.17 bits per heavy atom. The number of ether oxygens (including phenoxy) is 1. The molecule has 6 heteroatoms. The number of hydrogen-bond donors (Lipinski definition) is 3. The quantitative estimate of drug-likeness (QED) is 0.533. The second-order valence-corrected chi connectivity index (χ2v) is 4.87. The summed E-state index contributed by atoms with van der Waals surface area (Å²) in [7, 11) is 1.52. The van der Waals surface area contributed by atoms with E-state index < -0.39 is 18.4 Å². The number of aliphatic carboxylic acids is 1. The van der Waals surface area contributed by atoms with E-state index in [-0.39, 0.29) is 11.3 Å². The molecule has 124 valence electrons. The van der Waals surface area contributed by atoms with Crippen LogP contribution < -0.4 is 10.1 Å². The summed E-state index contributed by atoms with van der Waals surface area (Å²) in [6, 6.07) is 14.7. The fourth-order valence-corrected chi connectivity index (χ4v) is 2.10.